The quantitative estimate of drug-likeness (QED) is 0.668. The van der Waals surface area contributed by atoms with Crippen LogP contribution in [0.1, 0.15) is 59.8 Å². The van der Waals surface area contributed by atoms with Gasteiger partial charge in [-0.05, 0) is 44.4 Å². The number of hydrogen-bond acceptors (Lipinski definition) is 2. The van der Waals surface area contributed by atoms with E-state index in [-0.39, 0.29) is 12.1 Å². The molecular weight excluding hydrogens is 198 g/mol. The van der Waals surface area contributed by atoms with E-state index in [9.17, 15) is 5.11 Å². The molecule has 0 saturated heterocycles. The normalized spacial score (nSPS) is 23.8. The molecule has 0 aromatic carbocycles. The first-order valence-electron chi connectivity index (χ1n) is 6.96. The van der Waals surface area contributed by atoms with Crippen molar-refractivity contribution >= 4 is 0 Å². The van der Waals surface area contributed by atoms with Crippen LogP contribution in [-0.2, 0) is 0 Å². The molecule has 0 aromatic heterocycles. The van der Waals surface area contributed by atoms with Gasteiger partial charge in [0, 0.05) is 11.6 Å². The van der Waals surface area contributed by atoms with Gasteiger partial charge in [0.05, 0.1) is 6.61 Å². The van der Waals surface area contributed by atoms with E-state index in [1.807, 2.05) is 0 Å². The standard InChI is InChI=1S/C14H29NO/c1-5-7-11(3)13(6-2)15-14(4,10-16)12-8-9-12/h11-13,15-16H,5-10H2,1-4H3. The lowest BCUT2D eigenvalue weighted by atomic mass is 9.89. The van der Waals surface area contributed by atoms with E-state index in [2.05, 4.69) is 33.0 Å². The molecule has 1 aliphatic rings. The molecule has 0 aliphatic heterocycles. The third-order valence-electron chi connectivity index (χ3n) is 4.19. The molecule has 3 atom stereocenters. The first kappa shape index (κ1) is 14.0. The largest absolute Gasteiger partial charge is 0.394 e. The molecule has 1 fully saturated rings. The molecule has 0 spiro atoms. The van der Waals surface area contributed by atoms with E-state index in [1.165, 1.54) is 25.7 Å². The minimum absolute atomic E-state index is 0.0390. The summed E-state index contributed by atoms with van der Waals surface area (Å²) in [6.45, 7) is 9.28. The minimum atomic E-state index is -0.0390. The fourth-order valence-corrected chi connectivity index (χ4v) is 2.74. The first-order chi connectivity index (χ1) is 7.57. The van der Waals surface area contributed by atoms with Gasteiger partial charge < -0.3 is 10.4 Å². The van der Waals surface area contributed by atoms with Gasteiger partial charge in [-0.3, -0.25) is 0 Å². The van der Waals surface area contributed by atoms with Gasteiger partial charge in [0.25, 0.3) is 0 Å². The van der Waals surface area contributed by atoms with Gasteiger partial charge in [-0.15, -0.1) is 0 Å². The fraction of sp³-hybridized carbons (Fsp3) is 1.00. The molecule has 16 heavy (non-hydrogen) atoms. The molecule has 96 valence electrons. The Morgan fingerprint density at radius 3 is 2.38 bits per heavy atom. The van der Waals surface area contributed by atoms with E-state index in [0.717, 1.165) is 6.42 Å². The van der Waals surface area contributed by atoms with Crippen molar-refractivity contribution in [2.24, 2.45) is 11.8 Å². The van der Waals surface area contributed by atoms with E-state index in [0.29, 0.717) is 17.9 Å². The van der Waals surface area contributed by atoms with Gasteiger partial charge in [-0.25, -0.2) is 0 Å². The third-order valence-corrected chi connectivity index (χ3v) is 4.19. The molecule has 1 rings (SSSR count). The fourth-order valence-electron chi connectivity index (χ4n) is 2.74. The van der Waals surface area contributed by atoms with Crippen molar-refractivity contribution in [1.82, 2.24) is 5.32 Å². The van der Waals surface area contributed by atoms with E-state index >= 15 is 0 Å². The van der Waals surface area contributed by atoms with E-state index in [1.54, 1.807) is 0 Å². The zero-order valence-corrected chi connectivity index (χ0v) is 11.4. The Labute approximate surface area is 101 Å². The Bertz CT molecular complexity index is 203. The lowest BCUT2D eigenvalue weighted by molar-refractivity contribution is 0.127. The molecule has 1 aliphatic carbocycles. The Morgan fingerprint density at radius 2 is 2.00 bits per heavy atom. The highest BCUT2D eigenvalue weighted by Crippen LogP contribution is 2.40. The summed E-state index contributed by atoms with van der Waals surface area (Å²) in [6, 6.07) is 0.553. The van der Waals surface area contributed by atoms with Crippen molar-refractivity contribution in [3.63, 3.8) is 0 Å². The van der Waals surface area contributed by atoms with Crippen molar-refractivity contribution < 1.29 is 5.11 Å². The third kappa shape index (κ3) is 3.46. The van der Waals surface area contributed by atoms with Gasteiger partial charge in [0.1, 0.15) is 0 Å². The highest BCUT2D eigenvalue weighted by atomic mass is 16.3. The van der Waals surface area contributed by atoms with Crippen molar-refractivity contribution in [2.75, 3.05) is 6.61 Å². The van der Waals surface area contributed by atoms with Crippen LogP contribution in [0.15, 0.2) is 0 Å². The van der Waals surface area contributed by atoms with Crippen LogP contribution in [0.4, 0.5) is 0 Å². The maximum absolute atomic E-state index is 9.59. The summed E-state index contributed by atoms with van der Waals surface area (Å²) in [6.07, 6.45) is 6.24. The maximum atomic E-state index is 9.59. The van der Waals surface area contributed by atoms with Crippen molar-refractivity contribution in [2.45, 2.75) is 71.4 Å². The zero-order valence-electron chi connectivity index (χ0n) is 11.4. The predicted molar refractivity (Wildman–Crippen MR) is 69.5 cm³/mol. The summed E-state index contributed by atoms with van der Waals surface area (Å²) in [7, 11) is 0. The van der Waals surface area contributed by atoms with Crippen LogP contribution in [0.25, 0.3) is 0 Å². The highest BCUT2D eigenvalue weighted by molar-refractivity contribution is 4.99. The molecular formula is C14H29NO. The van der Waals surface area contributed by atoms with Crippen LogP contribution >= 0.6 is 0 Å². The Kier molecular flexibility index (Phi) is 5.26. The second-order valence-electron chi connectivity index (χ2n) is 5.77. The molecule has 2 nitrogen and oxygen atoms in total. The van der Waals surface area contributed by atoms with E-state index < -0.39 is 0 Å². The van der Waals surface area contributed by atoms with Gasteiger partial charge in [-0.1, -0.05) is 27.2 Å². The molecule has 0 bridgehead atoms. The van der Waals surface area contributed by atoms with Gasteiger partial charge in [0.2, 0.25) is 0 Å². The van der Waals surface area contributed by atoms with Crippen molar-refractivity contribution in [3.8, 4) is 0 Å². The Balaban J connectivity index is 2.53. The molecule has 0 amide bonds. The predicted octanol–water partition coefficient (Wildman–Crippen LogP) is 2.95. The summed E-state index contributed by atoms with van der Waals surface area (Å²) in [5, 5.41) is 13.3. The Morgan fingerprint density at radius 1 is 1.38 bits per heavy atom. The monoisotopic (exact) mass is 227 g/mol. The molecule has 0 radical (unpaired) electrons. The second kappa shape index (κ2) is 6.02. The summed E-state index contributed by atoms with van der Waals surface area (Å²) in [4.78, 5) is 0. The summed E-state index contributed by atoms with van der Waals surface area (Å²) in [5.41, 5.74) is -0.0390. The average molecular weight is 227 g/mol. The van der Waals surface area contributed by atoms with Crippen LogP contribution in [0, 0.1) is 11.8 Å². The summed E-state index contributed by atoms with van der Waals surface area (Å²) >= 11 is 0. The van der Waals surface area contributed by atoms with Crippen LogP contribution in [-0.4, -0.2) is 23.3 Å². The van der Waals surface area contributed by atoms with Crippen LogP contribution in [0.3, 0.4) is 0 Å². The summed E-state index contributed by atoms with van der Waals surface area (Å²) < 4.78 is 0. The highest BCUT2D eigenvalue weighted by Gasteiger charge is 2.42. The summed E-state index contributed by atoms with van der Waals surface area (Å²) in [5.74, 6) is 1.40. The Hall–Kier alpha value is -0.0800. The number of hydrogen-bond donors (Lipinski definition) is 2. The van der Waals surface area contributed by atoms with Crippen molar-refractivity contribution in [3.05, 3.63) is 0 Å². The molecule has 2 heteroatoms. The number of rotatable bonds is 8. The number of aliphatic hydroxyl groups is 1. The SMILES string of the molecule is CCCC(C)C(CC)NC(C)(CO)C1CC1. The smallest absolute Gasteiger partial charge is 0.0613 e. The molecule has 2 N–H and O–H groups in total. The number of aliphatic hydroxyl groups excluding tert-OH is 1. The molecule has 3 unspecified atom stereocenters. The average Bonchev–Trinajstić information content (AvgIpc) is 3.09. The first-order valence-corrected chi connectivity index (χ1v) is 6.96. The van der Waals surface area contributed by atoms with Crippen LogP contribution in [0.2, 0.25) is 0 Å². The second-order valence-corrected chi connectivity index (χ2v) is 5.77. The molecule has 1 saturated carbocycles. The van der Waals surface area contributed by atoms with Crippen molar-refractivity contribution in [1.29, 1.82) is 0 Å². The zero-order chi connectivity index (χ0) is 12.2. The maximum Gasteiger partial charge on any atom is 0.0613 e. The van der Waals surface area contributed by atoms with Gasteiger partial charge in [-0.2, -0.15) is 0 Å². The lowest BCUT2D eigenvalue weighted by Crippen LogP contribution is -2.54. The van der Waals surface area contributed by atoms with Crippen LogP contribution in [0.5, 0.6) is 0 Å². The minimum Gasteiger partial charge on any atom is -0.394 e. The lowest BCUT2D eigenvalue weighted by Gasteiger charge is -2.36. The van der Waals surface area contributed by atoms with Gasteiger partial charge >= 0.3 is 0 Å². The number of nitrogens with one attached hydrogen (secondary N) is 1. The van der Waals surface area contributed by atoms with Gasteiger partial charge in [0.15, 0.2) is 0 Å². The van der Waals surface area contributed by atoms with E-state index in [4.69, 9.17) is 0 Å². The van der Waals surface area contributed by atoms with Crippen LogP contribution < -0.4 is 5.32 Å². The topological polar surface area (TPSA) is 32.3 Å². The molecule has 0 aromatic rings. The molecule has 0 heterocycles.